The van der Waals surface area contributed by atoms with Gasteiger partial charge in [-0.05, 0) is 43.4 Å². The van der Waals surface area contributed by atoms with Gasteiger partial charge in [0.1, 0.15) is 0 Å². The summed E-state index contributed by atoms with van der Waals surface area (Å²) in [6.45, 7) is 15.0. The minimum atomic E-state index is 0.936. The zero-order valence-electron chi connectivity index (χ0n) is 18.8. The lowest BCUT2D eigenvalue weighted by Gasteiger charge is -2.03. The van der Waals surface area contributed by atoms with Gasteiger partial charge in [-0.15, -0.1) is 6.58 Å². The number of hydrogen-bond donors (Lipinski definition) is 0. The van der Waals surface area contributed by atoms with E-state index in [9.17, 15) is 0 Å². The normalized spacial score (nSPS) is 10.0. The summed E-state index contributed by atoms with van der Waals surface area (Å²) in [6, 6.07) is 8.66. The third kappa shape index (κ3) is 23.6. The van der Waals surface area contributed by atoms with Crippen LogP contribution in [0.1, 0.15) is 31.4 Å². The molecule has 0 unspecified atom stereocenters. The molecule has 0 saturated carbocycles. The molecule has 1 rings (SSSR count). The fraction of sp³-hybridized carbons (Fsp3) is 0.308. The van der Waals surface area contributed by atoms with E-state index < -0.39 is 0 Å². The van der Waals surface area contributed by atoms with Crippen molar-refractivity contribution in [2.24, 2.45) is 0 Å². The van der Waals surface area contributed by atoms with Gasteiger partial charge in [-0.25, -0.2) is 0 Å². The first-order valence-electron chi connectivity index (χ1n) is 9.21. The van der Waals surface area contributed by atoms with Crippen molar-refractivity contribution in [3.63, 3.8) is 0 Å². The molecule has 0 atom stereocenters. The van der Waals surface area contributed by atoms with Crippen molar-refractivity contribution in [1.29, 1.82) is 0 Å². The lowest BCUT2D eigenvalue weighted by Crippen LogP contribution is -1.83. The van der Waals surface area contributed by atoms with Gasteiger partial charge >= 0.3 is 0 Å². The number of methoxy groups -OCH3 is 2. The van der Waals surface area contributed by atoms with Gasteiger partial charge in [-0.3, -0.25) is 0 Å². The minimum Gasteiger partial charge on any atom is -0.388 e. The molecule has 156 valence electrons. The maximum Gasteiger partial charge on any atom is 0.0351 e. The Morgan fingerprint density at radius 3 is 1.75 bits per heavy atom. The summed E-state index contributed by atoms with van der Waals surface area (Å²) < 4.78 is 8.50. The molecule has 1 aromatic carbocycles. The average molecular weight is 385 g/mol. The van der Waals surface area contributed by atoms with Crippen LogP contribution in [0.4, 0.5) is 0 Å². The molecule has 0 spiro atoms. The molecule has 2 heteroatoms. The highest BCUT2D eigenvalue weighted by atomic mass is 16.5. The van der Waals surface area contributed by atoms with E-state index in [1.54, 1.807) is 40.6 Å². The molecule has 1 aromatic rings. The SMILES string of the molecule is C=C/C=C\C.C=CC=CC/C=C(\C)c1ccc(CC=C)cc1.COC.COC. The van der Waals surface area contributed by atoms with Crippen LogP contribution in [-0.4, -0.2) is 28.4 Å². The third-order valence-corrected chi connectivity index (χ3v) is 2.95. The molecule has 0 aliphatic carbocycles. The van der Waals surface area contributed by atoms with Gasteiger partial charge in [0.25, 0.3) is 0 Å². The Hall–Kier alpha value is -2.42. The summed E-state index contributed by atoms with van der Waals surface area (Å²) in [4.78, 5) is 0. The first-order chi connectivity index (χ1) is 13.5. The minimum absolute atomic E-state index is 0.936. The molecule has 0 saturated heterocycles. The van der Waals surface area contributed by atoms with Crippen LogP contribution in [0, 0.1) is 0 Å². The predicted molar refractivity (Wildman–Crippen MR) is 129 cm³/mol. The van der Waals surface area contributed by atoms with Crippen molar-refractivity contribution in [2.45, 2.75) is 26.7 Å². The largest absolute Gasteiger partial charge is 0.388 e. The summed E-state index contributed by atoms with van der Waals surface area (Å²) in [7, 11) is 6.50. The fourth-order valence-corrected chi connectivity index (χ4v) is 1.74. The summed E-state index contributed by atoms with van der Waals surface area (Å²) in [6.07, 6.45) is 17.5. The molecule has 0 radical (unpaired) electrons. The van der Waals surface area contributed by atoms with Gasteiger partial charge in [-0.1, -0.05) is 86.0 Å². The number of hydrogen-bond acceptors (Lipinski definition) is 2. The summed E-state index contributed by atoms with van der Waals surface area (Å²) >= 11 is 0. The molecule has 0 fully saturated rings. The first-order valence-corrected chi connectivity index (χ1v) is 9.21. The van der Waals surface area contributed by atoms with Crippen molar-refractivity contribution in [3.05, 3.63) is 104 Å². The predicted octanol–water partition coefficient (Wildman–Crippen LogP) is 7.22. The van der Waals surface area contributed by atoms with Crippen LogP contribution in [-0.2, 0) is 15.9 Å². The maximum absolute atomic E-state index is 4.25. The van der Waals surface area contributed by atoms with Crippen molar-refractivity contribution >= 4 is 5.57 Å². The highest BCUT2D eigenvalue weighted by Gasteiger charge is 1.95. The van der Waals surface area contributed by atoms with Crippen molar-refractivity contribution in [1.82, 2.24) is 0 Å². The van der Waals surface area contributed by atoms with E-state index in [0.717, 1.165) is 12.8 Å². The van der Waals surface area contributed by atoms with Gasteiger partial charge in [-0.2, -0.15) is 0 Å². The second kappa shape index (κ2) is 26.8. The molecule has 0 bridgehead atoms. The van der Waals surface area contributed by atoms with E-state index in [1.807, 2.05) is 31.2 Å². The number of benzene rings is 1. The van der Waals surface area contributed by atoms with E-state index in [4.69, 9.17) is 0 Å². The molecule has 0 N–H and O–H groups in total. The lowest BCUT2D eigenvalue weighted by atomic mass is 10.0. The Kier molecular flexibility index (Phi) is 29.0. The van der Waals surface area contributed by atoms with Crippen LogP contribution >= 0.6 is 0 Å². The lowest BCUT2D eigenvalue weighted by molar-refractivity contribution is 0.277. The van der Waals surface area contributed by atoms with E-state index in [-0.39, 0.29) is 0 Å². The fourth-order valence-electron chi connectivity index (χ4n) is 1.74. The van der Waals surface area contributed by atoms with E-state index in [0.29, 0.717) is 0 Å². The van der Waals surface area contributed by atoms with E-state index >= 15 is 0 Å². The molecule has 0 aliphatic rings. The zero-order valence-corrected chi connectivity index (χ0v) is 18.8. The molecular weight excluding hydrogens is 344 g/mol. The monoisotopic (exact) mass is 384 g/mol. The molecule has 0 amide bonds. The number of ether oxygens (including phenoxy) is 2. The highest BCUT2D eigenvalue weighted by molar-refractivity contribution is 5.63. The Morgan fingerprint density at radius 2 is 1.39 bits per heavy atom. The Balaban J connectivity index is -0.000000470. The van der Waals surface area contributed by atoms with E-state index in [1.165, 1.54) is 16.7 Å². The van der Waals surface area contributed by atoms with Crippen molar-refractivity contribution in [3.8, 4) is 0 Å². The molecule has 0 aliphatic heterocycles. The first kappa shape index (κ1) is 30.3. The quantitative estimate of drug-likeness (QED) is 0.365. The molecule has 0 aromatic heterocycles. The third-order valence-electron chi connectivity index (χ3n) is 2.95. The Labute approximate surface area is 174 Å². The van der Waals surface area contributed by atoms with Gasteiger partial charge in [0, 0.05) is 28.4 Å². The van der Waals surface area contributed by atoms with Gasteiger partial charge < -0.3 is 9.47 Å². The summed E-state index contributed by atoms with van der Waals surface area (Å²) in [5.74, 6) is 0. The molecular formula is C26H40O2. The van der Waals surface area contributed by atoms with E-state index in [2.05, 4.69) is 72.6 Å². The molecule has 0 heterocycles. The Morgan fingerprint density at radius 1 is 0.893 bits per heavy atom. The van der Waals surface area contributed by atoms with Crippen LogP contribution in [0.3, 0.4) is 0 Å². The molecule has 28 heavy (non-hydrogen) atoms. The van der Waals surface area contributed by atoms with Gasteiger partial charge in [0.2, 0.25) is 0 Å². The standard InChI is InChI=1S/C17H20.C5H8.2C2H6O/c1-4-6-7-8-10-15(3)17-13-11-16(9-5-2)12-14-17;1-3-5-4-2;2*1-3-2/h4-7,10-14H,1-2,8-9H2,3H3;3-5H,1H2,2H3;2*1-2H3/b7-6?,15-10+;5-4-;;. The Bertz CT molecular complexity index is 559. The van der Waals surface area contributed by atoms with Crippen LogP contribution in [0.5, 0.6) is 0 Å². The van der Waals surface area contributed by atoms with Gasteiger partial charge in [0.15, 0.2) is 0 Å². The van der Waals surface area contributed by atoms with Gasteiger partial charge in [0.05, 0.1) is 0 Å². The smallest absolute Gasteiger partial charge is 0.0351 e. The highest BCUT2D eigenvalue weighted by Crippen LogP contribution is 2.15. The van der Waals surface area contributed by atoms with Crippen LogP contribution < -0.4 is 0 Å². The van der Waals surface area contributed by atoms with Crippen LogP contribution in [0.15, 0.2) is 92.6 Å². The second-order valence-corrected chi connectivity index (χ2v) is 5.55. The number of rotatable bonds is 7. The maximum atomic E-state index is 4.25. The second-order valence-electron chi connectivity index (χ2n) is 5.55. The molecule has 2 nitrogen and oxygen atoms in total. The van der Waals surface area contributed by atoms with Crippen LogP contribution in [0.25, 0.3) is 5.57 Å². The summed E-state index contributed by atoms with van der Waals surface area (Å²) in [5, 5.41) is 0. The zero-order chi connectivity index (χ0) is 22.0. The van der Waals surface area contributed by atoms with Crippen molar-refractivity contribution < 1.29 is 9.47 Å². The average Bonchev–Trinajstić information content (AvgIpc) is 2.68. The van der Waals surface area contributed by atoms with Crippen molar-refractivity contribution in [2.75, 3.05) is 28.4 Å². The summed E-state index contributed by atoms with van der Waals surface area (Å²) in [5.41, 5.74) is 3.90. The van der Waals surface area contributed by atoms with Crippen LogP contribution in [0.2, 0.25) is 0 Å². The topological polar surface area (TPSA) is 18.5 Å². The number of allylic oxidation sites excluding steroid dienone is 9.